The van der Waals surface area contributed by atoms with Crippen LogP contribution in [-0.2, 0) is 6.54 Å². The highest BCUT2D eigenvalue weighted by Crippen LogP contribution is 2.35. The van der Waals surface area contributed by atoms with Gasteiger partial charge in [-0.1, -0.05) is 30.6 Å². The number of rotatable bonds is 2. The van der Waals surface area contributed by atoms with Crippen LogP contribution in [0.1, 0.15) is 42.8 Å². The maximum absolute atomic E-state index is 12.0. The monoisotopic (exact) mass is 369 g/mol. The summed E-state index contributed by atoms with van der Waals surface area (Å²) in [4.78, 5) is 19.8. The first-order chi connectivity index (χ1) is 11.2. The van der Waals surface area contributed by atoms with Crippen LogP contribution in [-0.4, -0.2) is 44.7 Å². The van der Waals surface area contributed by atoms with Crippen molar-refractivity contribution in [3.05, 3.63) is 27.1 Å². The number of nitrogens with one attached hydrogen (secondary N) is 1. The van der Waals surface area contributed by atoms with Crippen molar-refractivity contribution >= 4 is 28.7 Å². The fourth-order valence-corrected chi connectivity index (χ4v) is 4.98. The minimum Gasteiger partial charge on any atom is -0.314 e. The Morgan fingerprint density at radius 2 is 2.12 bits per heavy atom. The molecular weight excluding hydrogens is 346 g/mol. The standard InChI is InChI=1S/C16H23N5OS.ClH/c1-12-9-14(22)21-15(18-12)23-13(19-21)10-20-8-7-17-11-16(20)5-3-2-4-6-16;/h9,17H,2-8,10-11H2,1H3;1H. The van der Waals surface area contributed by atoms with Crippen LogP contribution in [0.3, 0.4) is 0 Å². The minimum absolute atomic E-state index is 0. The molecule has 0 radical (unpaired) electrons. The third kappa shape index (κ3) is 3.22. The molecule has 1 saturated carbocycles. The van der Waals surface area contributed by atoms with Gasteiger partial charge in [-0.3, -0.25) is 9.69 Å². The highest BCUT2D eigenvalue weighted by atomic mass is 35.5. The molecule has 0 aromatic carbocycles. The molecule has 0 unspecified atom stereocenters. The van der Waals surface area contributed by atoms with Crippen molar-refractivity contribution in [1.82, 2.24) is 24.8 Å². The van der Waals surface area contributed by atoms with Crippen LogP contribution in [0.2, 0.25) is 0 Å². The maximum atomic E-state index is 12.0. The molecule has 6 nitrogen and oxygen atoms in total. The van der Waals surface area contributed by atoms with E-state index in [0.717, 1.165) is 36.9 Å². The molecule has 0 atom stereocenters. The molecule has 1 N–H and O–H groups in total. The second-order valence-corrected chi connectivity index (χ2v) is 7.85. The Morgan fingerprint density at radius 3 is 2.92 bits per heavy atom. The summed E-state index contributed by atoms with van der Waals surface area (Å²) < 4.78 is 1.45. The van der Waals surface area contributed by atoms with Gasteiger partial charge in [0.05, 0.1) is 6.54 Å². The molecular formula is C16H24ClN5OS. The Balaban J connectivity index is 0.00000169. The third-order valence-electron chi connectivity index (χ3n) is 5.21. The summed E-state index contributed by atoms with van der Waals surface area (Å²) in [7, 11) is 0. The summed E-state index contributed by atoms with van der Waals surface area (Å²) in [5, 5.41) is 9.09. The first-order valence-corrected chi connectivity index (χ1v) is 9.30. The molecule has 8 heteroatoms. The Bertz CT molecular complexity index is 759. The maximum Gasteiger partial charge on any atom is 0.275 e. The van der Waals surface area contributed by atoms with E-state index < -0.39 is 0 Å². The number of hydrogen-bond acceptors (Lipinski definition) is 6. The van der Waals surface area contributed by atoms with Crippen molar-refractivity contribution in [2.24, 2.45) is 0 Å². The topological polar surface area (TPSA) is 62.5 Å². The van der Waals surface area contributed by atoms with Crippen molar-refractivity contribution in [2.45, 2.75) is 51.1 Å². The van der Waals surface area contributed by atoms with E-state index in [-0.39, 0.29) is 23.5 Å². The van der Waals surface area contributed by atoms with Gasteiger partial charge in [0.1, 0.15) is 5.01 Å². The van der Waals surface area contributed by atoms with Crippen molar-refractivity contribution in [2.75, 3.05) is 19.6 Å². The van der Waals surface area contributed by atoms with E-state index in [1.165, 1.54) is 36.6 Å². The molecule has 132 valence electrons. The summed E-state index contributed by atoms with van der Waals surface area (Å²) in [6.45, 7) is 5.85. The average molecular weight is 370 g/mol. The molecule has 2 aromatic rings. The molecule has 3 heterocycles. The smallest absolute Gasteiger partial charge is 0.275 e. The second-order valence-electron chi connectivity index (χ2n) is 6.81. The number of piperazine rings is 1. The molecule has 2 fully saturated rings. The molecule has 2 aromatic heterocycles. The van der Waals surface area contributed by atoms with E-state index in [9.17, 15) is 4.79 Å². The number of aryl methyl sites for hydroxylation is 1. The van der Waals surface area contributed by atoms with E-state index in [4.69, 9.17) is 0 Å². The Hall–Kier alpha value is -1.02. The summed E-state index contributed by atoms with van der Waals surface area (Å²) in [6.07, 6.45) is 6.52. The Kier molecular flexibility index (Phi) is 5.24. The molecule has 1 aliphatic heterocycles. The lowest BCUT2D eigenvalue weighted by Crippen LogP contribution is -2.61. The van der Waals surface area contributed by atoms with E-state index in [1.54, 1.807) is 17.4 Å². The molecule has 0 bridgehead atoms. The quantitative estimate of drug-likeness (QED) is 0.877. The van der Waals surface area contributed by atoms with Crippen molar-refractivity contribution in [1.29, 1.82) is 0 Å². The third-order valence-corrected chi connectivity index (χ3v) is 6.10. The van der Waals surface area contributed by atoms with Gasteiger partial charge in [-0.25, -0.2) is 4.98 Å². The van der Waals surface area contributed by atoms with Crippen molar-refractivity contribution < 1.29 is 0 Å². The highest BCUT2D eigenvalue weighted by molar-refractivity contribution is 7.16. The Morgan fingerprint density at radius 1 is 1.33 bits per heavy atom. The lowest BCUT2D eigenvalue weighted by molar-refractivity contribution is 0.0206. The average Bonchev–Trinajstić information content (AvgIpc) is 2.93. The number of fused-ring (bicyclic) bond motifs is 1. The molecule has 2 aliphatic rings. The van der Waals surface area contributed by atoms with Crippen LogP contribution in [0.25, 0.3) is 4.96 Å². The van der Waals surface area contributed by atoms with Gasteiger partial charge in [0.15, 0.2) is 0 Å². The molecule has 0 amide bonds. The van der Waals surface area contributed by atoms with E-state index in [0.29, 0.717) is 4.96 Å². The van der Waals surface area contributed by atoms with Crippen LogP contribution < -0.4 is 10.9 Å². The number of aromatic nitrogens is 3. The zero-order valence-corrected chi connectivity index (χ0v) is 15.6. The van der Waals surface area contributed by atoms with Crippen molar-refractivity contribution in [3.63, 3.8) is 0 Å². The zero-order valence-electron chi connectivity index (χ0n) is 14.0. The molecule has 24 heavy (non-hydrogen) atoms. The van der Waals surface area contributed by atoms with Gasteiger partial charge in [0.2, 0.25) is 4.96 Å². The number of nitrogens with zero attached hydrogens (tertiary/aromatic N) is 4. The first-order valence-electron chi connectivity index (χ1n) is 8.49. The molecule has 1 spiro atoms. The van der Waals surface area contributed by atoms with Crippen LogP contribution in [0, 0.1) is 6.92 Å². The van der Waals surface area contributed by atoms with Gasteiger partial charge in [-0.05, 0) is 19.8 Å². The SMILES string of the molecule is Cc1cc(=O)n2nc(CN3CCNCC34CCCCC4)sc2n1.Cl. The Labute approximate surface area is 151 Å². The van der Waals surface area contributed by atoms with Crippen molar-refractivity contribution in [3.8, 4) is 0 Å². The predicted octanol–water partition coefficient (Wildman–Crippen LogP) is 1.99. The van der Waals surface area contributed by atoms with Crippen LogP contribution in [0.4, 0.5) is 0 Å². The number of hydrogen-bond donors (Lipinski definition) is 1. The van der Waals surface area contributed by atoms with Gasteiger partial charge in [0.25, 0.3) is 5.56 Å². The molecule has 1 saturated heterocycles. The second kappa shape index (κ2) is 7.07. The summed E-state index contributed by atoms with van der Waals surface area (Å²) in [5.41, 5.74) is 0.960. The van der Waals surface area contributed by atoms with Gasteiger partial charge in [-0.15, -0.1) is 12.4 Å². The zero-order chi connectivity index (χ0) is 15.9. The van der Waals surface area contributed by atoms with E-state index in [1.807, 2.05) is 6.92 Å². The van der Waals surface area contributed by atoms with Gasteiger partial charge >= 0.3 is 0 Å². The summed E-state index contributed by atoms with van der Waals surface area (Å²) in [6, 6.07) is 1.55. The normalized spacial score (nSPS) is 21.0. The summed E-state index contributed by atoms with van der Waals surface area (Å²) in [5.74, 6) is 0. The van der Waals surface area contributed by atoms with Gasteiger partial charge in [-0.2, -0.15) is 9.61 Å². The van der Waals surface area contributed by atoms with Gasteiger partial charge < -0.3 is 5.32 Å². The predicted molar refractivity (Wildman–Crippen MR) is 98.2 cm³/mol. The van der Waals surface area contributed by atoms with Crippen LogP contribution >= 0.6 is 23.7 Å². The lowest BCUT2D eigenvalue weighted by atomic mass is 9.79. The molecule has 1 aliphatic carbocycles. The first kappa shape index (κ1) is 17.8. The fourth-order valence-electron chi connectivity index (χ4n) is 4.02. The molecule has 4 rings (SSSR count). The fraction of sp³-hybridized carbons (Fsp3) is 0.688. The minimum atomic E-state index is -0.0808. The summed E-state index contributed by atoms with van der Waals surface area (Å²) >= 11 is 1.55. The van der Waals surface area contributed by atoms with Crippen LogP contribution in [0.5, 0.6) is 0 Å². The number of halogens is 1. The van der Waals surface area contributed by atoms with Crippen LogP contribution in [0.15, 0.2) is 10.9 Å². The van der Waals surface area contributed by atoms with Gasteiger partial charge in [0, 0.05) is 36.9 Å². The lowest BCUT2D eigenvalue weighted by Gasteiger charge is -2.49. The largest absolute Gasteiger partial charge is 0.314 e. The highest BCUT2D eigenvalue weighted by Gasteiger charge is 2.39. The van der Waals surface area contributed by atoms with E-state index in [2.05, 4.69) is 20.3 Å². The van der Waals surface area contributed by atoms with E-state index >= 15 is 0 Å².